The highest BCUT2D eigenvalue weighted by Gasteiger charge is 2.60. The van der Waals surface area contributed by atoms with Crippen LogP contribution >= 0.6 is 12.2 Å². The molecule has 0 aromatic carbocycles. The van der Waals surface area contributed by atoms with Gasteiger partial charge in [-0.3, -0.25) is 0 Å². The number of aliphatic hydroxyl groups excluding tert-OH is 2. The average Bonchev–Trinajstić information content (AvgIpc) is 2.95. The Labute approximate surface area is 110 Å². The summed E-state index contributed by atoms with van der Waals surface area (Å²) in [6.45, 7) is 1.67. The number of fused-ring (bicyclic) bond motifs is 2. The molecule has 3 heterocycles. The summed E-state index contributed by atoms with van der Waals surface area (Å²) < 4.78 is 11.2. The normalized spacial score (nSPS) is 47.5. The summed E-state index contributed by atoms with van der Waals surface area (Å²) in [5.74, 6) is 0. The fourth-order valence-electron chi connectivity index (χ4n) is 2.83. The minimum absolute atomic E-state index is 0.108. The Hall–Kier alpha value is -0.510. The van der Waals surface area contributed by atoms with E-state index in [4.69, 9.17) is 27.4 Å². The molecule has 3 aliphatic heterocycles. The van der Waals surface area contributed by atoms with Crippen LogP contribution in [0.5, 0.6) is 0 Å². The van der Waals surface area contributed by atoms with E-state index in [0.717, 1.165) is 0 Å². The molecule has 0 spiro atoms. The van der Waals surface area contributed by atoms with Crippen molar-refractivity contribution >= 4 is 17.3 Å². The fraction of sp³-hybridized carbons (Fsp3) is 0.900. The van der Waals surface area contributed by atoms with Crippen LogP contribution in [0.4, 0.5) is 0 Å². The molecular weight excluding hydrogens is 258 g/mol. The summed E-state index contributed by atoms with van der Waals surface area (Å²) in [6, 6.07) is -0.496. The van der Waals surface area contributed by atoms with Gasteiger partial charge in [0.1, 0.15) is 23.9 Å². The number of nitrogens with zero attached hydrogens (tertiary/aromatic N) is 1. The Kier molecular flexibility index (Phi) is 2.96. The minimum atomic E-state index is -1.07. The summed E-state index contributed by atoms with van der Waals surface area (Å²) in [4.78, 5) is 1.81. The molecule has 5 atom stereocenters. The summed E-state index contributed by atoms with van der Waals surface area (Å²) in [5, 5.41) is 24.1. The highest BCUT2D eigenvalue weighted by atomic mass is 32.1. The molecule has 0 aromatic rings. The standard InChI is InChI=1S/C10H17N3O4S/c11-3-10-4-16-8(17-10)5(6(14)7(10)15)13-2-1-12-9(13)18/h5-8,14-15H,1-4,11H2,(H,12,18)/t5-,6+,7+,8?,10-/m0/s1. The number of hydrogen-bond donors (Lipinski definition) is 4. The maximum Gasteiger partial charge on any atom is 0.181 e. The van der Waals surface area contributed by atoms with Crippen molar-refractivity contribution in [2.45, 2.75) is 30.1 Å². The van der Waals surface area contributed by atoms with E-state index in [1.54, 1.807) is 4.90 Å². The third-order valence-electron chi connectivity index (χ3n) is 3.93. The number of ether oxygens (including phenoxy) is 2. The predicted molar refractivity (Wildman–Crippen MR) is 65.7 cm³/mol. The van der Waals surface area contributed by atoms with Gasteiger partial charge < -0.3 is 35.6 Å². The van der Waals surface area contributed by atoms with E-state index >= 15 is 0 Å². The lowest BCUT2D eigenvalue weighted by Crippen LogP contribution is -2.67. The summed E-state index contributed by atoms with van der Waals surface area (Å²) >= 11 is 5.17. The van der Waals surface area contributed by atoms with Crippen LogP contribution in [0.3, 0.4) is 0 Å². The Morgan fingerprint density at radius 3 is 2.94 bits per heavy atom. The third kappa shape index (κ3) is 1.57. The maximum atomic E-state index is 10.3. The molecule has 3 fully saturated rings. The van der Waals surface area contributed by atoms with Crippen molar-refractivity contribution in [1.82, 2.24) is 10.2 Å². The molecule has 18 heavy (non-hydrogen) atoms. The largest absolute Gasteiger partial charge is 0.388 e. The van der Waals surface area contributed by atoms with E-state index in [1.807, 2.05) is 0 Å². The van der Waals surface area contributed by atoms with Gasteiger partial charge in [-0.05, 0) is 12.2 Å². The van der Waals surface area contributed by atoms with Gasteiger partial charge in [0, 0.05) is 19.6 Å². The van der Waals surface area contributed by atoms with Crippen LogP contribution < -0.4 is 11.1 Å². The number of nitrogens with one attached hydrogen (secondary N) is 1. The summed E-state index contributed by atoms with van der Waals surface area (Å²) in [6.07, 6.45) is -2.67. The molecular formula is C10H17N3O4S. The summed E-state index contributed by atoms with van der Waals surface area (Å²) in [7, 11) is 0. The topological polar surface area (TPSA) is 100 Å². The zero-order chi connectivity index (χ0) is 12.9. The van der Waals surface area contributed by atoms with Crippen LogP contribution in [0.25, 0.3) is 0 Å². The van der Waals surface area contributed by atoms with Gasteiger partial charge in [-0.15, -0.1) is 0 Å². The quantitative estimate of drug-likeness (QED) is 0.406. The molecule has 5 N–H and O–H groups in total. The Balaban J connectivity index is 1.87. The van der Waals surface area contributed by atoms with Gasteiger partial charge in [0.15, 0.2) is 11.4 Å². The molecule has 0 saturated carbocycles. The van der Waals surface area contributed by atoms with E-state index < -0.39 is 30.1 Å². The second-order valence-electron chi connectivity index (χ2n) is 4.92. The van der Waals surface area contributed by atoms with Crippen molar-refractivity contribution in [2.75, 3.05) is 26.2 Å². The molecule has 8 heteroatoms. The third-order valence-corrected chi connectivity index (χ3v) is 4.31. The maximum absolute atomic E-state index is 10.3. The van der Waals surface area contributed by atoms with E-state index in [9.17, 15) is 10.2 Å². The first-order valence-corrected chi connectivity index (χ1v) is 6.40. The zero-order valence-corrected chi connectivity index (χ0v) is 10.6. The van der Waals surface area contributed by atoms with Gasteiger partial charge in [0.05, 0.1) is 6.61 Å². The van der Waals surface area contributed by atoms with Gasteiger partial charge in [-0.2, -0.15) is 0 Å². The molecule has 0 aromatic heterocycles. The lowest BCUT2D eigenvalue weighted by Gasteiger charge is -2.45. The van der Waals surface area contributed by atoms with Gasteiger partial charge >= 0.3 is 0 Å². The molecule has 3 aliphatic rings. The van der Waals surface area contributed by atoms with Crippen LogP contribution in [0.1, 0.15) is 0 Å². The predicted octanol–water partition coefficient (Wildman–Crippen LogP) is -2.65. The molecule has 1 unspecified atom stereocenters. The lowest BCUT2D eigenvalue weighted by molar-refractivity contribution is -0.233. The van der Waals surface area contributed by atoms with E-state index in [-0.39, 0.29) is 13.2 Å². The van der Waals surface area contributed by atoms with Crippen molar-refractivity contribution < 1.29 is 19.7 Å². The van der Waals surface area contributed by atoms with Gasteiger partial charge in [0.25, 0.3) is 0 Å². The molecule has 102 valence electrons. The Bertz CT molecular complexity index is 371. The number of hydrogen-bond acceptors (Lipinski definition) is 6. The number of rotatable bonds is 2. The van der Waals surface area contributed by atoms with E-state index in [1.165, 1.54) is 0 Å². The van der Waals surface area contributed by atoms with Crippen LogP contribution in [0.15, 0.2) is 0 Å². The smallest absolute Gasteiger partial charge is 0.181 e. The summed E-state index contributed by atoms with van der Waals surface area (Å²) in [5.41, 5.74) is 4.64. The minimum Gasteiger partial charge on any atom is -0.388 e. The SMILES string of the molecule is NC[C@@]12COC(O1)[C@@H](N1CCNC1=S)[C@@H](O)[C@H]2O. The van der Waals surface area contributed by atoms with Crippen LogP contribution in [-0.2, 0) is 9.47 Å². The molecule has 0 radical (unpaired) electrons. The first kappa shape index (κ1) is 12.5. The Morgan fingerprint density at radius 2 is 2.33 bits per heavy atom. The first-order chi connectivity index (χ1) is 8.59. The number of aliphatic hydroxyl groups is 2. The molecule has 0 aliphatic carbocycles. The van der Waals surface area contributed by atoms with Crippen molar-refractivity contribution in [3.8, 4) is 0 Å². The van der Waals surface area contributed by atoms with E-state index in [0.29, 0.717) is 18.2 Å². The van der Waals surface area contributed by atoms with Gasteiger partial charge in [-0.25, -0.2) is 0 Å². The second kappa shape index (κ2) is 4.26. The molecule has 3 rings (SSSR count). The first-order valence-electron chi connectivity index (χ1n) is 5.99. The van der Waals surface area contributed by atoms with Crippen molar-refractivity contribution in [3.05, 3.63) is 0 Å². The highest BCUT2D eigenvalue weighted by molar-refractivity contribution is 7.80. The van der Waals surface area contributed by atoms with Gasteiger partial charge in [-0.1, -0.05) is 0 Å². The fourth-order valence-corrected chi connectivity index (χ4v) is 3.15. The number of thiocarbonyl (C=S) groups is 1. The molecule has 0 amide bonds. The molecule has 7 nitrogen and oxygen atoms in total. The van der Waals surface area contributed by atoms with Gasteiger partial charge in [0.2, 0.25) is 0 Å². The molecule has 3 saturated heterocycles. The van der Waals surface area contributed by atoms with Crippen molar-refractivity contribution in [3.63, 3.8) is 0 Å². The van der Waals surface area contributed by atoms with E-state index in [2.05, 4.69) is 5.32 Å². The van der Waals surface area contributed by atoms with Crippen LogP contribution in [-0.4, -0.2) is 76.6 Å². The van der Waals surface area contributed by atoms with Crippen LogP contribution in [0.2, 0.25) is 0 Å². The lowest BCUT2D eigenvalue weighted by atomic mass is 9.87. The monoisotopic (exact) mass is 275 g/mol. The molecule has 2 bridgehead atoms. The number of nitrogens with two attached hydrogens (primary N) is 1. The highest BCUT2D eigenvalue weighted by Crippen LogP contribution is 2.38. The zero-order valence-electron chi connectivity index (χ0n) is 9.78. The van der Waals surface area contributed by atoms with Crippen molar-refractivity contribution in [1.29, 1.82) is 0 Å². The van der Waals surface area contributed by atoms with Crippen molar-refractivity contribution in [2.24, 2.45) is 5.73 Å². The average molecular weight is 275 g/mol. The second-order valence-corrected chi connectivity index (χ2v) is 5.30. The van der Waals surface area contributed by atoms with Crippen LogP contribution in [0, 0.1) is 0 Å². The Morgan fingerprint density at radius 1 is 1.56 bits per heavy atom.